The molecule has 0 aromatic heterocycles. The third-order valence-corrected chi connectivity index (χ3v) is 2.22. The molecule has 0 fully saturated rings. The van der Waals surface area contributed by atoms with Gasteiger partial charge in [-0.1, -0.05) is 22.5 Å². The number of nitrogens with zero attached hydrogens (tertiary/aromatic N) is 1. The largest absolute Gasteiger partial charge is 0.347 e. The van der Waals surface area contributed by atoms with Crippen molar-refractivity contribution in [2.75, 3.05) is 6.54 Å². The van der Waals surface area contributed by atoms with E-state index in [0.29, 0.717) is 16.6 Å². The molecule has 1 rings (SSSR count). The van der Waals surface area contributed by atoms with E-state index in [4.69, 9.17) is 0 Å². The maximum Gasteiger partial charge on any atom is 0.305 e. The third kappa shape index (κ3) is 3.10. The average Bonchev–Trinajstić information content (AvgIpc) is 2.25. The summed E-state index contributed by atoms with van der Waals surface area (Å²) in [5.41, 5.74) is -1.95. The molecular formula is C10H7BrF2N2O3. The van der Waals surface area contributed by atoms with Gasteiger partial charge in [0.25, 0.3) is 5.91 Å². The van der Waals surface area contributed by atoms with Crippen LogP contribution in [0.15, 0.2) is 23.2 Å². The number of carbonyl (C=O) groups excluding carboxylic acids is 1. The summed E-state index contributed by atoms with van der Waals surface area (Å²) in [5.74, 6) is -3.76. The van der Waals surface area contributed by atoms with E-state index in [1.165, 1.54) is 0 Å². The van der Waals surface area contributed by atoms with Crippen LogP contribution in [0.5, 0.6) is 0 Å². The van der Waals surface area contributed by atoms with Crippen molar-refractivity contribution in [1.29, 1.82) is 0 Å². The van der Waals surface area contributed by atoms with Crippen molar-refractivity contribution >= 4 is 27.5 Å². The van der Waals surface area contributed by atoms with Crippen LogP contribution in [0, 0.1) is 21.7 Å². The van der Waals surface area contributed by atoms with Crippen LogP contribution < -0.4 is 5.32 Å². The summed E-state index contributed by atoms with van der Waals surface area (Å²) in [4.78, 5) is 20.9. The topological polar surface area (TPSA) is 72.2 Å². The molecule has 0 aliphatic carbocycles. The van der Waals surface area contributed by atoms with Gasteiger partial charge in [0.05, 0.1) is 4.92 Å². The molecule has 0 heterocycles. The first-order valence-electron chi connectivity index (χ1n) is 4.58. The second-order valence-electron chi connectivity index (χ2n) is 3.21. The minimum Gasteiger partial charge on any atom is -0.347 e. The Morgan fingerprint density at radius 1 is 1.50 bits per heavy atom. The third-order valence-electron chi connectivity index (χ3n) is 1.94. The smallest absolute Gasteiger partial charge is 0.305 e. The molecule has 1 aromatic rings. The quantitative estimate of drug-likeness (QED) is 0.684. The fraction of sp³-hybridized carbons (Fsp3) is 0.100. The van der Waals surface area contributed by atoms with Gasteiger partial charge in [0.2, 0.25) is 5.82 Å². The number of nitro groups is 1. The Kier molecular flexibility index (Phi) is 4.49. The Balaban J connectivity index is 3.14. The number of halogens is 3. The van der Waals surface area contributed by atoms with E-state index in [1.807, 2.05) is 0 Å². The van der Waals surface area contributed by atoms with Crippen LogP contribution >= 0.6 is 15.9 Å². The maximum absolute atomic E-state index is 13.6. The van der Waals surface area contributed by atoms with Crippen LogP contribution in [0.1, 0.15) is 10.4 Å². The summed E-state index contributed by atoms with van der Waals surface area (Å²) < 4.78 is 27.3. The van der Waals surface area contributed by atoms with Gasteiger partial charge in [-0.3, -0.25) is 14.9 Å². The van der Waals surface area contributed by atoms with E-state index in [-0.39, 0.29) is 6.54 Å². The lowest BCUT2D eigenvalue weighted by Gasteiger charge is -2.06. The van der Waals surface area contributed by atoms with Gasteiger partial charge >= 0.3 is 5.69 Å². The summed E-state index contributed by atoms with van der Waals surface area (Å²) in [6.07, 6.45) is 0. The Morgan fingerprint density at radius 3 is 2.61 bits per heavy atom. The van der Waals surface area contributed by atoms with Crippen LogP contribution in [-0.4, -0.2) is 17.4 Å². The monoisotopic (exact) mass is 320 g/mol. The zero-order valence-electron chi connectivity index (χ0n) is 8.87. The van der Waals surface area contributed by atoms with Crippen LogP contribution in [0.25, 0.3) is 0 Å². The summed E-state index contributed by atoms with van der Waals surface area (Å²) >= 11 is 2.95. The maximum atomic E-state index is 13.6. The zero-order valence-corrected chi connectivity index (χ0v) is 10.5. The van der Waals surface area contributed by atoms with Crippen LogP contribution in [0.4, 0.5) is 14.5 Å². The van der Waals surface area contributed by atoms with E-state index >= 15 is 0 Å². The molecule has 1 aromatic carbocycles. The number of amides is 1. The lowest BCUT2D eigenvalue weighted by atomic mass is 10.1. The van der Waals surface area contributed by atoms with E-state index in [2.05, 4.69) is 27.8 Å². The Morgan fingerprint density at radius 2 is 2.11 bits per heavy atom. The summed E-state index contributed by atoms with van der Waals surface area (Å²) in [6, 6.07) is 1.32. The molecule has 0 atom stereocenters. The fourth-order valence-corrected chi connectivity index (χ4v) is 1.30. The summed E-state index contributed by atoms with van der Waals surface area (Å²) in [7, 11) is 0. The molecule has 1 amide bonds. The second-order valence-corrected chi connectivity index (χ2v) is 4.33. The van der Waals surface area contributed by atoms with Crippen LogP contribution in [0.2, 0.25) is 0 Å². The van der Waals surface area contributed by atoms with Gasteiger partial charge in [-0.2, -0.15) is 4.39 Å². The van der Waals surface area contributed by atoms with Crippen molar-refractivity contribution in [1.82, 2.24) is 5.32 Å². The van der Waals surface area contributed by atoms with Crippen LogP contribution in [0.3, 0.4) is 0 Å². The standard InChI is InChI=1S/C10H7BrF2N2O3/c1-5(11)4-14-10(16)8-6(12)2-3-7(9(8)13)15(17)18/h2-3H,1,4H2,(H,14,16). The first kappa shape index (κ1) is 14.2. The highest BCUT2D eigenvalue weighted by Gasteiger charge is 2.25. The van der Waals surface area contributed by atoms with E-state index < -0.39 is 33.7 Å². The minimum absolute atomic E-state index is 0.0552. The van der Waals surface area contributed by atoms with E-state index in [1.54, 1.807) is 0 Å². The summed E-state index contributed by atoms with van der Waals surface area (Å²) in [6.45, 7) is 3.36. The molecule has 8 heteroatoms. The van der Waals surface area contributed by atoms with E-state index in [0.717, 1.165) is 0 Å². The van der Waals surface area contributed by atoms with Crippen molar-refractivity contribution in [2.45, 2.75) is 0 Å². The van der Waals surface area contributed by atoms with Crippen molar-refractivity contribution < 1.29 is 18.5 Å². The molecule has 0 unspecified atom stereocenters. The molecule has 0 saturated heterocycles. The number of benzene rings is 1. The van der Waals surface area contributed by atoms with Gasteiger partial charge < -0.3 is 5.32 Å². The highest BCUT2D eigenvalue weighted by molar-refractivity contribution is 9.11. The van der Waals surface area contributed by atoms with Gasteiger partial charge in [-0.05, 0) is 6.07 Å². The van der Waals surface area contributed by atoms with Crippen molar-refractivity contribution in [2.24, 2.45) is 0 Å². The molecule has 0 bridgehead atoms. The lowest BCUT2D eigenvalue weighted by Crippen LogP contribution is -2.26. The molecule has 1 N–H and O–H groups in total. The van der Waals surface area contributed by atoms with Crippen molar-refractivity contribution in [3.8, 4) is 0 Å². The van der Waals surface area contributed by atoms with Gasteiger partial charge in [0, 0.05) is 17.1 Å². The molecule has 0 radical (unpaired) electrons. The molecular weight excluding hydrogens is 314 g/mol. The van der Waals surface area contributed by atoms with E-state index in [9.17, 15) is 23.7 Å². The number of carbonyl (C=O) groups is 1. The van der Waals surface area contributed by atoms with Gasteiger partial charge in [0.15, 0.2) is 0 Å². The van der Waals surface area contributed by atoms with Crippen LogP contribution in [-0.2, 0) is 0 Å². The van der Waals surface area contributed by atoms with Gasteiger partial charge in [-0.25, -0.2) is 4.39 Å². The van der Waals surface area contributed by atoms with Crippen molar-refractivity contribution in [3.63, 3.8) is 0 Å². The molecule has 18 heavy (non-hydrogen) atoms. The predicted octanol–water partition coefficient (Wildman–Crippen LogP) is 2.51. The molecule has 0 aliphatic heterocycles. The first-order valence-corrected chi connectivity index (χ1v) is 5.37. The first-order chi connectivity index (χ1) is 8.34. The summed E-state index contributed by atoms with van der Waals surface area (Å²) in [5, 5.41) is 12.6. The fourth-order valence-electron chi connectivity index (χ4n) is 1.16. The Hall–Kier alpha value is -1.83. The SMILES string of the molecule is C=C(Br)CNC(=O)c1c(F)ccc([N+](=O)[O-])c1F. The van der Waals surface area contributed by atoms with Crippen molar-refractivity contribution in [3.05, 3.63) is 50.5 Å². The number of nitrogens with one attached hydrogen (secondary N) is 1. The number of nitro benzene ring substituents is 1. The minimum atomic E-state index is -1.50. The average molecular weight is 321 g/mol. The predicted molar refractivity (Wildman–Crippen MR) is 63.4 cm³/mol. The normalized spacial score (nSPS) is 9.94. The van der Waals surface area contributed by atoms with Gasteiger partial charge in [-0.15, -0.1) is 0 Å². The lowest BCUT2D eigenvalue weighted by molar-refractivity contribution is -0.387. The highest BCUT2D eigenvalue weighted by atomic mass is 79.9. The Bertz CT molecular complexity index is 534. The molecule has 0 aliphatic rings. The van der Waals surface area contributed by atoms with Gasteiger partial charge in [0.1, 0.15) is 11.4 Å². The Labute approximate surface area is 109 Å². The molecule has 0 spiro atoms. The zero-order chi connectivity index (χ0) is 13.9. The second kappa shape index (κ2) is 5.67. The molecule has 5 nitrogen and oxygen atoms in total. The highest BCUT2D eigenvalue weighted by Crippen LogP contribution is 2.22. The molecule has 96 valence electrons. The number of rotatable bonds is 4. The number of hydrogen-bond donors (Lipinski definition) is 1. The molecule has 0 saturated carbocycles. The number of hydrogen-bond acceptors (Lipinski definition) is 3.